The number of amides is 1. The Balaban J connectivity index is 1.95. The van der Waals surface area contributed by atoms with E-state index in [1.165, 1.54) is 0 Å². The third-order valence-corrected chi connectivity index (χ3v) is 4.91. The highest BCUT2D eigenvalue weighted by Crippen LogP contribution is 2.41. The number of methoxy groups -OCH3 is 2. The summed E-state index contributed by atoms with van der Waals surface area (Å²) < 4.78 is 16.2. The summed E-state index contributed by atoms with van der Waals surface area (Å²) in [6, 6.07) is 3.68. The lowest BCUT2D eigenvalue weighted by Gasteiger charge is -2.14. The maximum atomic E-state index is 12.5. The van der Waals surface area contributed by atoms with Gasteiger partial charge in [0.15, 0.2) is 17.3 Å². The molecule has 0 bridgehead atoms. The number of aromatic nitrogens is 2. The molecule has 3 unspecified atom stereocenters. The van der Waals surface area contributed by atoms with Crippen LogP contribution in [0.25, 0.3) is 11.5 Å². The molecule has 0 aliphatic heterocycles. The molecule has 3 rings (SSSR count). The van der Waals surface area contributed by atoms with Gasteiger partial charge >= 0.3 is 0 Å². The van der Waals surface area contributed by atoms with Crippen LogP contribution >= 0.6 is 0 Å². The first-order valence-electron chi connectivity index (χ1n) is 9.03. The van der Waals surface area contributed by atoms with Crippen molar-refractivity contribution in [3.05, 3.63) is 18.0 Å². The molecule has 1 fully saturated rings. The first-order valence-corrected chi connectivity index (χ1v) is 9.03. The van der Waals surface area contributed by atoms with Gasteiger partial charge < -0.3 is 24.6 Å². The lowest BCUT2D eigenvalue weighted by atomic mass is 10.1. The SMILES string of the molecule is CNC(C)Cc1noc(-c2cc(OC)c(OC)cc2NC(=O)C2CC2C)n1. The van der Waals surface area contributed by atoms with E-state index >= 15 is 0 Å². The topological polar surface area (TPSA) is 98.5 Å². The minimum atomic E-state index is -0.0143. The predicted octanol–water partition coefficient (Wildman–Crippen LogP) is 2.50. The second-order valence-corrected chi connectivity index (χ2v) is 6.97. The first kappa shape index (κ1) is 19.2. The van der Waals surface area contributed by atoms with E-state index in [1.807, 2.05) is 14.0 Å². The van der Waals surface area contributed by atoms with Crippen molar-refractivity contribution in [1.29, 1.82) is 0 Å². The Labute approximate surface area is 158 Å². The minimum absolute atomic E-state index is 0.0143. The van der Waals surface area contributed by atoms with Gasteiger partial charge in [-0.1, -0.05) is 12.1 Å². The number of benzene rings is 1. The molecule has 1 aromatic carbocycles. The second kappa shape index (κ2) is 7.96. The highest BCUT2D eigenvalue weighted by Gasteiger charge is 2.39. The minimum Gasteiger partial charge on any atom is -0.493 e. The van der Waals surface area contributed by atoms with Crippen LogP contribution in [-0.4, -0.2) is 43.4 Å². The number of hydrogen-bond donors (Lipinski definition) is 2. The van der Waals surface area contributed by atoms with Gasteiger partial charge in [-0.2, -0.15) is 4.98 Å². The molecular formula is C19H26N4O4. The molecular weight excluding hydrogens is 348 g/mol. The Morgan fingerprint density at radius 2 is 2.00 bits per heavy atom. The molecule has 0 saturated heterocycles. The number of hydrogen-bond acceptors (Lipinski definition) is 7. The van der Waals surface area contributed by atoms with Gasteiger partial charge in [0.1, 0.15) is 0 Å². The number of carbonyl (C=O) groups excluding carboxylic acids is 1. The average molecular weight is 374 g/mol. The molecule has 1 aliphatic carbocycles. The number of carbonyl (C=O) groups is 1. The lowest BCUT2D eigenvalue weighted by molar-refractivity contribution is -0.117. The van der Waals surface area contributed by atoms with E-state index in [2.05, 4.69) is 27.7 Å². The Morgan fingerprint density at radius 3 is 2.59 bits per heavy atom. The van der Waals surface area contributed by atoms with Crippen LogP contribution in [0, 0.1) is 11.8 Å². The van der Waals surface area contributed by atoms with Crippen molar-refractivity contribution in [2.45, 2.75) is 32.7 Å². The van der Waals surface area contributed by atoms with Gasteiger partial charge in [-0.05, 0) is 32.4 Å². The smallest absolute Gasteiger partial charge is 0.260 e. The zero-order valence-electron chi connectivity index (χ0n) is 16.3. The molecule has 1 aliphatic rings. The summed E-state index contributed by atoms with van der Waals surface area (Å²) in [7, 11) is 4.99. The molecule has 1 amide bonds. The second-order valence-electron chi connectivity index (χ2n) is 6.97. The quantitative estimate of drug-likeness (QED) is 0.732. The van der Waals surface area contributed by atoms with E-state index in [-0.39, 0.29) is 17.9 Å². The number of anilines is 1. The van der Waals surface area contributed by atoms with Crippen molar-refractivity contribution in [3.8, 4) is 23.0 Å². The lowest BCUT2D eigenvalue weighted by Crippen LogP contribution is -2.24. The molecule has 0 spiro atoms. The van der Waals surface area contributed by atoms with Crippen molar-refractivity contribution in [2.24, 2.45) is 11.8 Å². The first-order chi connectivity index (χ1) is 13.0. The van der Waals surface area contributed by atoms with Crippen LogP contribution in [0.15, 0.2) is 16.7 Å². The molecule has 8 nitrogen and oxygen atoms in total. The van der Waals surface area contributed by atoms with Crippen molar-refractivity contribution >= 4 is 11.6 Å². The van der Waals surface area contributed by atoms with Gasteiger partial charge in [0.05, 0.1) is 25.5 Å². The van der Waals surface area contributed by atoms with Crippen LogP contribution in [0.5, 0.6) is 11.5 Å². The van der Waals surface area contributed by atoms with E-state index in [9.17, 15) is 4.79 Å². The zero-order chi connectivity index (χ0) is 19.6. The van der Waals surface area contributed by atoms with Crippen LogP contribution in [0.2, 0.25) is 0 Å². The Morgan fingerprint density at radius 1 is 1.33 bits per heavy atom. The number of rotatable bonds is 8. The molecule has 2 N–H and O–H groups in total. The Bertz CT molecular complexity index is 820. The normalized spacial score (nSPS) is 19.4. The summed E-state index contributed by atoms with van der Waals surface area (Å²) in [5.41, 5.74) is 1.17. The third-order valence-electron chi connectivity index (χ3n) is 4.91. The summed E-state index contributed by atoms with van der Waals surface area (Å²) in [5.74, 6) is 2.40. The van der Waals surface area contributed by atoms with Crippen LogP contribution in [0.1, 0.15) is 26.1 Å². The number of nitrogens with one attached hydrogen (secondary N) is 2. The van der Waals surface area contributed by atoms with Crippen LogP contribution in [0.4, 0.5) is 5.69 Å². The molecule has 8 heteroatoms. The van der Waals surface area contributed by atoms with Crippen LogP contribution in [0.3, 0.4) is 0 Å². The average Bonchev–Trinajstić information content (AvgIpc) is 3.23. The van der Waals surface area contributed by atoms with Gasteiger partial charge in [-0.15, -0.1) is 0 Å². The van der Waals surface area contributed by atoms with E-state index in [0.717, 1.165) is 6.42 Å². The van der Waals surface area contributed by atoms with Crippen LogP contribution < -0.4 is 20.1 Å². The summed E-state index contributed by atoms with van der Waals surface area (Å²) >= 11 is 0. The standard InChI is InChI=1S/C19H26N4O4/c1-10-6-12(10)18(24)21-14-9-16(26-5)15(25-4)8-13(14)19-22-17(23-27-19)7-11(2)20-3/h8-12,20H,6-7H2,1-5H3,(H,21,24). The van der Waals surface area contributed by atoms with Gasteiger partial charge in [0, 0.05) is 24.4 Å². The van der Waals surface area contributed by atoms with Crippen LogP contribution in [-0.2, 0) is 11.2 Å². The van der Waals surface area contributed by atoms with E-state index in [4.69, 9.17) is 14.0 Å². The van der Waals surface area contributed by atoms with E-state index in [1.54, 1.807) is 26.4 Å². The highest BCUT2D eigenvalue weighted by atomic mass is 16.5. The number of likely N-dealkylation sites (N-methyl/N-ethyl adjacent to an activating group) is 1. The van der Waals surface area contributed by atoms with Gasteiger partial charge in [-0.3, -0.25) is 4.79 Å². The molecule has 146 valence electrons. The highest BCUT2D eigenvalue weighted by molar-refractivity contribution is 5.98. The zero-order valence-corrected chi connectivity index (χ0v) is 16.3. The fourth-order valence-electron chi connectivity index (χ4n) is 2.89. The van der Waals surface area contributed by atoms with Crippen molar-refractivity contribution < 1.29 is 18.8 Å². The molecule has 1 saturated carbocycles. The predicted molar refractivity (Wildman–Crippen MR) is 101 cm³/mol. The molecule has 27 heavy (non-hydrogen) atoms. The molecule has 1 heterocycles. The van der Waals surface area contributed by atoms with Gasteiger partial charge in [-0.25, -0.2) is 0 Å². The van der Waals surface area contributed by atoms with Gasteiger partial charge in [0.2, 0.25) is 5.91 Å². The Kier molecular flexibility index (Phi) is 5.65. The monoisotopic (exact) mass is 374 g/mol. The van der Waals surface area contributed by atoms with Crippen molar-refractivity contribution in [2.75, 3.05) is 26.6 Å². The fraction of sp³-hybridized carbons (Fsp3) is 0.526. The largest absolute Gasteiger partial charge is 0.493 e. The van der Waals surface area contributed by atoms with Crippen molar-refractivity contribution in [3.63, 3.8) is 0 Å². The molecule has 2 aromatic rings. The third kappa shape index (κ3) is 4.21. The number of nitrogens with zero attached hydrogens (tertiary/aromatic N) is 2. The summed E-state index contributed by atoms with van der Waals surface area (Å²) in [6.45, 7) is 4.10. The summed E-state index contributed by atoms with van der Waals surface area (Å²) in [4.78, 5) is 16.9. The van der Waals surface area contributed by atoms with Gasteiger partial charge in [0.25, 0.3) is 5.89 Å². The van der Waals surface area contributed by atoms with E-state index in [0.29, 0.717) is 46.8 Å². The van der Waals surface area contributed by atoms with Crippen molar-refractivity contribution in [1.82, 2.24) is 15.5 Å². The molecule has 0 radical (unpaired) electrons. The summed E-state index contributed by atoms with van der Waals surface area (Å²) in [5, 5.41) is 10.2. The fourth-order valence-corrected chi connectivity index (χ4v) is 2.89. The number of ether oxygens (including phenoxy) is 2. The Hall–Kier alpha value is -2.61. The summed E-state index contributed by atoms with van der Waals surface area (Å²) in [6.07, 6.45) is 1.54. The maximum Gasteiger partial charge on any atom is 0.260 e. The molecule has 3 atom stereocenters. The van der Waals surface area contributed by atoms with E-state index < -0.39 is 0 Å². The molecule has 1 aromatic heterocycles. The maximum absolute atomic E-state index is 12.5.